The summed E-state index contributed by atoms with van der Waals surface area (Å²) in [7, 11) is 0. The van der Waals surface area contributed by atoms with Crippen LogP contribution in [0.2, 0.25) is 0 Å². The van der Waals surface area contributed by atoms with Gasteiger partial charge in [0.1, 0.15) is 0 Å². The average molecular weight is 338 g/mol. The zero-order chi connectivity index (χ0) is 15.5. The number of benzene rings is 1. The van der Waals surface area contributed by atoms with Crippen molar-refractivity contribution in [2.45, 2.75) is 12.8 Å². The first-order valence-corrected chi connectivity index (χ1v) is 7.44. The van der Waals surface area contributed by atoms with Gasteiger partial charge in [-0.05, 0) is 25.3 Å². The Morgan fingerprint density at radius 2 is 2.13 bits per heavy atom. The van der Waals surface area contributed by atoms with Crippen LogP contribution in [0, 0.1) is 5.92 Å². The van der Waals surface area contributed by atoms with Crippen LogP contribution in [0.1, 0.15) is 23.2 Å². The highest BCUT2D eigenvalue weighted by atomic mass is 35.5. The lowest BCUT2D eigenvalue weighted by molar-refractivity contribution is 0.0697. The van der Waals surface area contributed by atoms with Gasteiger partial charge in [-0.25, -0.2) is 4.79 Å². The van der Waals surface area contributed by atoms with Crippen molar-refractivity contribution < 1.29 is 14.4 Å². The van der Waals surface area contributed by atoms with Crippen molar-refractivity contribution >= 4 is 24.2 Å². The minimum absolute atomic E-state index is 0. The van der Waals surface area contributed by atoms with E-state index in [9.17, 15) is 9.90 Å². The van der Waals surface area contributed by atoms with Crippen LogP contribution in [0.25, 0.3) is 11.3 Å². The van der Waals surface area contributed by atoms with Crippen molar-refractivity contribution in [1.29, 1.82) is 0 Å². The van der Waals surface area contributed by atoms with Crippen LogP contribution in [0.3, 0.4) is 0 Å². The van der Waals surface area contributed by atoms with Crippen molar-refractivity contribution in [3.8, 4) is 11.3 Å². The van der Waals surface area contributed by atoms with Crippen LogP contribution >= 0.6 is 12.4 Å². The number of aromatic carboxylic acids is 1. The Hall–Kier alpha value is -2.05. The van der Waals surface area contributed by atoms with Gasteiger partial charge in [-0.3, -0.25) is 0 Å². The molecule has 7 heteroatoms. The third-order valence-corrected chi connectivity index (χ3v) is 4.08. The maximum absolute atomic E-state index is 11.7. The van der Waals surface area contributed by atoms with Gasteiger partial charge in [0, 0.05) is 18.7 Å². The molecular formula is C16H20ClN3O3. The summed E-state index contributed by atoms with van der Waals surface area (Å²) in [5.74, 6) is 0.0553. The van der Waals surface area contributed by atoms with Gasteiger partial charge < -0.3 is 20.3 Å². The van der Waals surface area contributed by atoms with Crippen LogP contribution < -0.4 is 10.6 Å². The summed E-state index contributed by atoms with van der Waals surface area (Å²) in [6.45, 7) is 2.09. The third-order valence-electron chi connectivity index (χ3n) is 4.08. The molecule has 0 saturated carbocycles. The van der Waals surface area contributed by atoms with Crippen molar-refractivity contribution in [2.24, 2.45) is 11.7 Å². The molecule has 2 aromatic rings. The molecule has 6 nitrogen and oxygen atoms in total. The molecule has 1 aromatic carbocycles. The standard InChI is InChI=1S/C16H19N3O3.ClH/c17-9-11-5-4-8-19(10-11)15-13(16(20)21)14(22-18-15)12-6-2-1-3-7-12;/h1-3,6-7,11H,4-5,8-10,17H2,(H,20,21);1H. The van der Waals surface area contributed by atoms with E-state index in [4.69, 9.17) is 10.3 Å². The predicted molar refractivity (Wildman–Crippen MR) is 90.1 cm³/mol. The molecule has 3 rings (SSSR count). The highest BCUT2D eigenvalue weighted by Gasteiger charge is 2.30. The maximum Gasteiger partial charge on any atom is 0.343 e. The third kappa shape index (κ3) is 3.48. The van der Waals surface area contributed by atoms with E-state index in [0.717, 1.165) is 25.9 Å². The first-order chi connectivity index (χ1) is 10.7. The molecule has 1 atom stereocenters. The minimum Gasteiger partial charge on any atom is -0.477 e. The minimum atomic E-state index is -1.02. The summed E-state index contributed by atoms with van der Waals surface area (Å²) in [6.07, 6.45) is 2.05. The fourth-order valence-electron chi connectivity index (χ4n) is 2.93. The molecule has 2 heterocycles. The summed E-state index contributed by atoms with van der Waals surface area (Å²) >= 11 is 0. The van der Waals surface area contributed by atoms with Gasteiger partial charge >= 0.3 is 5.97 Å². The number of rotatable bonds is 4. The van der Waals surface area contributed by atoms with E-state index >= 15 is 0 Å². The highest BCUT2D eigenvalue weighted by Crippen LogP contribution is 2.33. The molecule has 1 aliphatic rings. The molecular weight excluding hydrogens is 318 g/mol. The second-order valence-electron chi connectivity index (χ2n) is 5.57. The van der Waals surface area contributed by atoms with E-state index in [2.05, 4.69) is 5.16 Å². The van der Waals surface area contributed by atoms with Gasteiger partial charge in [0.15, 0.2) is 17.1 Å². The van der Waals surface area contributed by atoms with Gasteiger partial charge in [-0.1, -0.05) is 35.5 Å². The first-order valence-electron chi connectivity index (χ1n) is 7.44. The van der Waals surface area contributed by atoms with E-state index in [1.165, 1.54) is 0 Å². The van der Waals surface area contributed by atoms with Gasteiger partial charge in [-0.15, -0.1) is 12.4 Å². The number of carboxylic acids is 1. The van der Waals surface area contributed by atoms with Gasteiger partial charge in [0.05, 0.1) is 0 Å². The molecule has 1 fully saturated rings. The van der Waals surface area contributed by atoms with E-state index in [-0.39, 0.29) is 18.0 Å². The number of piperidine rings is 1. The van der Waals surface area contributed by atoms with E-state index < -0.39 is 5.97 Å². The molecule has 0 amide bonds. The van der Waals surface area contributed by atoms with E-state index in [1.54, 1.807) is 0 Å². The van der Waals surface area contributed by atoms with E-state index in [0.29, 0.717) is 29.6 Å². The van der Waals surface area contributed by atoms with Crippen LogP contribution in [-0.2, 0) is 0 Å². The maximum atomic E-state index is 11.7. The molecule has 1 aliphatic heterocycles. The summed E-state index contributed by atoms with van der Waals surface area (Å²) in [5, 5.41) is 13.6. The van der Waals surface area contributed by atoms with Crippen molar-refractivity contribution in [3.63, 3.8) is 0 Å². The first kappa shape index (κ1) is 17.3. The van der Waals surface area contributed by atoms with Crippen LogP contribution in [0.5, 0.6) is 0 Å². The number of carboxylic acid groups (broad SMARTS) is 1. The molecule has 1 unspecified atom stereocenters. The van der Waals surface area contributed by atoms with Crippen LogP contribution in [0.4, 0.5) is 5.82 Å². The van der Waals surface area contributed by atoms with Gasteiger partial charge in [0.2, 0.25) is 0 Å². The number of hydrogen-bond donors (Lipinski definition) is 2. The Kier molecular flexibility index (Phi) is 5.63. The summed E-state index contributed by atoms with van der Waals surface area (Å²) in [4.78, 5) is 13.7. The quantitative estimate of drug-likeness (QED) is 0.891. The number of nitrogens with two attached hydrogens (primary N) is 1. The molecule has 3 N–H and O–H groups in total. The van der Waals surface area contributed by atoms with Crippen LogP contribution in [0.15, 0.2) is 34.9 Å². The fraction of sp³-hybridized carbons (Fsp3) is 0.375. The number of anilines is 1. The summed E-state index contributed by atoms with van der Waals surface area (Å²) in [5.41, 5.74) is 6.59. The molecule has 0 radical (unpaired) electrons. The molecule has 1 saturated heterocycles. The largest absolute Gasteiger partial charge is 0.477 e. The zero-order valence-electron chi connectivity index (χ0n) is 12.6. The summed E-state index contributed by atoms with van der Waals surface area (Å²) < 4.78 is 5.36. The molecule has 0 aliphatic carbocycles. The van der Waals surface area contributed by atoms with Crippen molar-refractivity contribution in [1.82, 2.24) is 5.16 Å². The highest BCUT2D eigenvalue weighted by molar-refractivity contribution is 5.99. The molecule has 124 valence electrons. The Labute approximate surface area is 140 Å². The zero-order valence-corrected chi connectivity index (χ0v) is 13.5. The van der Waals surface area contributed by atoms with Crippen molar-refractivity contribution in [3.05, 3.63) is 35.9 Å². The van der Waals surface area contributed by atoms with E-state index in [1.807, 2.05) is 35.2 Å². The lowest BCUT2D eigenvalue weighted by Gasteiger charge is -2.32. The Morgan fingerprint density at radius 3 is 2.78 bits per heavy atom. The fourth-order valence-corrected chi connectivity index (χ4v) is 2.93. The second kappa shape index (κ2) is 7.48. The Bertz CT molecular complexity index is 660. The molecule has 0 spiro atoms. The molecule has 0 bridgehead atoms. The predicted octanol–water partition coefficient (Wildman–Crippen LogP) is 2.64. The monoisotopic (exact) mass is 337 g/mol. The lowest BCUT2D eigenvalue weighted by Crippen LogP contribution is -2.39. The number of hydrogen-bond acceptors (Lipinski definition) is 5. The molecule has 23 heavy (non-hydrogen) atoms. The lowest BCUT2D eigenvalue weighted by atomic mass is 9.98. The number of carbonyl (C=O) groups is 1. The van der Waals surface area contributed by atoms with Gasteiger partial charge in [0.25, 0.3) is 0 Å². The summed E-state index contributed by atoms with van der Waals surface area (Å²) in [6, 6.07) is 9.19. The van der Waals surface area contributed by atoms with Gasteiger partial charge in [-0.2, -0.15) is 0 Å². The number of aromatic nitrogens is 1. The van der Waals surface area contributed by atoms with Crippen molar-refractivity contribution in [2.75, 3.05) is 24.5 Å². The molecule has 1 aromatic heterocycles. The van der Waals surface area contributed by atoms with Crippen LogP contribution in [-0.4, -0.2) is 35.9 Å². The second-order valence-corrected chi connectivity index (χ2v) is 5.57. The number of halogens is 1. The number of nitrogens with zero attached hydrogens (tertiary/aromatic N) is 2. The average Bonchev–Trinajstić information content (AvgIpc) is 3.01. The SMILES string of the molecule is Cl.NCC1CCCN(c2noc(-c3ccccc3)c2C(=O)O)C1. The Balaban J connectivity index is 0.00000192. The normalized spacial score (nSPS) is 17.6. The smallest absolute Gasteiger partial charge is 0.343 e. The topological polar surface area (TPSA) is 92.6 Å². The Morgan fingerprint density at radius 1 is 1.39 bits per heavy atom.